The first-order valence-corrected chi connectivity index (χ1v) is 6.84. The van der Waals surface area contributed by atoms with Crippen molar-refractivity contribution in [2.24, 2.45) is 11.8 Å². The Hall–Kier alpha value is -1.34. The zero-order valence-electron chi connectivity index (χ0n) is 12.1. The molecule has 0 radical (unpaired) electrons. The molecule has 1 saturated carbocycles. The smallest absolute Gasteiger partial charge is 0.314 e. The fourth-order valence-corrected chi connectivity index (χ4v) is 2.50. The van der Waals surface area contributed by atoms with Gasteiger partial charge in [-0.2, -0.15) is 0 Å². The van der Waals surface area contributed by atoms with Gasteiger partial charge >= 0.3 is 12.0 Å². The van der Waals surface area contributed by atoms with Crippen LogP contribution in [0, 0.1) is 11.8 Å². The van der Waals surface area contributed by atoms with E-state index in [4.69, 9.17) is 14.6 Å². The van der Waals surface area contributed by atoms with E-state index in [0.29, 0.717) is 26.1 Å². The third-order valence-electron chi connectivity index (χ3n) is 3.68. The second-order valence-electron chi connectivity index (χ2n) is 5.04. The van der Waals surface area contributed by atoms with Gasteiger partial charge in [0.1, 0.15) is 0 Å². The summed E-state index contributed by atoms with van der Waals surface area (Å²) in [7, 11) is 3.12. The van der Waals surface area contributed by atoms with Gasteiger partial charge in [-0.25, -0.2) is 4.79 Å². The second-order valence-corrected chi connectivity index (χ2v) is 5.04. The van der Waals surface area contributed by atoms with Crippen LogP contribution < -0.4 is 10.6 Å². The first-order chi connectivity index (χ1) is 9.58. The number of carboxylic acids is 1. The van der Waals surface area contributed by atoms with Gasteiger partial charge < -0.3 is 25.2 Å². The number of rotatable bonds is 8. The van der Waals surface area contributed by atoms with Crippen molar-refractivity contribution in [3.63, 3.8) is 0 Å². The first kappa shape index (κ1) is 16.7. The first-order valence-electron chi connectivity index (χ1n) is 6.84. The molecule has 0 aromatic heterocycles. The summed E-state index contributed by atoms with van der Waals surface area (Å²) in [5, 5.41) is 14.5. The molecule has 7 heteroatoms. The topological polar surface area (TPSA) is 96.9 Å². The van der Waals surface area contributed by atoms with Crippen LogP contribution in [0.5, 0.6) is 0 Å². The van der Waals surface area contributed by atoms with Crippen LogP contribution in [0.3, 0.4) is 0 Å². The molecule has 0 aromatic carbocycles. The van der Waals surface area contributed by atoms with E-state index in [1.165, 1.54) is 0 Å². The highest BCUT2D eigenvalue weighted by Gasteiger charge is 2.32. The molecule has 0 spiro atoms. The Balaban J connectivity index is 2.24. The number of amides is 2. The van der Waals surface area contributed by atoms with Crippen molar-refractivity contribution in [2.75, 3.05) is 33.9 Å². The number of carbonyl (C=O) groups is 2. The quantitative estimate of drug-likeness (QED) is 0.602. The van der Waals surface area contributed by atoms with Gasteiger partial charge in [0.15, 0.2) is 0 Å². The standard InChI is InChI=1S/C13H24N2O5/c1-19-8-10(20-2)7-15-13(18)14-6-9-4-3-5-11(9)12(16)17/h9-11H,3-8H2,1-2H3,(H,16,17)(H2,14,15,18). The molecule has 7 nitrogen and oxygen atoms in total. The number of hydrogen-bond donors (Lipinski definition) is 3. The van der Waals surface area contributed by atoms with Gasteiger partial charge in [-0.1, -0.05) is 6.42 Å². The molecule has 1 aliphatic carbocycles. The van der Waals surface area contributed by atoms with Crippen LogP contribution in [0.25, 0.3) is 0 Å². The maximum atomic E-state index is 11.6. The Kier molecular flexibility index (Phi) is 7.32. The Morgan fingerprint density at radius 1 is 1.30 bits per heavy atom. The number of ether oxygens (including phenoxy) is 2. The molecule has 0 bridgehead atoms. The van der Waals surface area contributed by atoms with E-state index >= 15 is 0 Å². The van der Waals surface area contributed by atoms with Gasteiger partial charge in [0.25, 0.3) is 0 Å². The van der Waals surface area contributed by atoms with Crippen molar-refractivity contribution in [3.8, 4) is 0 Å². The minimum absolute atomic E-state index is 0.0236. The van der Waals surface area contributed by atoms with E-state index in [0.717, 1.165) is 12.8 Å². The average Bonchev–Trinajstić information content (AvgIpc) is 2.89. The number of carboxylic acid groups (broad SMARTS) is 1. The lowest BCUT2D eigenvalue weighted by Gasteiger charge is -2.18. The SMILES string of the molecule is COCC(CNC(=O)NCC1CCCC1C(=O)O)OC. The van der Waals surface area contributed by atoms with Crippen molar-refractivity contribution in [3.05, 3.63) is 0 Å². The molecule has 1 rings (SSSR count). The summed E-state index contributed by atoms with van der Waals surface area (Å²) >= 11 is 0. The van der Waals surface area contributed by atoms with Crippen LogP contribution in [0.2, 0.25) is 0 Å². The summed E-state index contributed by atoms with van der Waals surface area (Å²) in [6.45, 7) is 1.15. The fraction of sp³-hybridized carbons (Fsp3) is 0.846. The van der Waals surface area contributed by atoms with Crippen LogP contribution in [0.4, 0.5) is 4.79 Å². The third-order valence-corrected chi connectivity index (χ3v) is 3.68. The normalized spacial score (nSPS) is 23.3. The molecule has 1 fully saturated rings. The zero-order valence-corrected chi connectivity index (χ0v) is 12.1. The van der Waals surface area contributed by atoms with E-state index < -0.39 is 5.97 Å². The van der Waals surface area contributed by atoms with Crippen LogP contribution in [-0.4, -0.2) is 57.1 Å². The molecule has 116 valence electrons. The highest BCUT2D eigenvalue weighted by Crippen LogP contribution is 2.31. The maximum Gasteiger partial charge on any atom is 0.314 e. The lowest BCUT2D eigenvalue weighted by Crippen LogP contribution is -2.43. The monoisotopic (exact) mass is 288 g/mol. The lowest BCUT2D eigenvalue weighted by atomic mass is 9.96. The summed E-state index contributed by atoms with van der Waals surface area (Å²) < 4.78 is 10.1. The summed E-state index contributed by atoms with van der Waals surface area (Å²) in [5.74, 6) is -1.08. The van der Waals surface area contributed by atoms with Crippen molar-refractivity contribution in [1.29, 1.82) is 0 Å². The van der Waals surface area contributed by atoms with E-state index in [-0.39, 0.29) is 24.0 Å². The summed E-state index contributed by atoms with van der Waals surface area (Å²) in [6, 6.07) is -0.306. The number of aliphatic carboxylic acids is 1. The largest absolute Gasteiger partial charge is 0.481 e. The number of carbonyl (C=O) groups excluding carboxylic acids is 1. The number of nitrogens with one attached hydrogen (secondary N) is 2. The number of methoxy groups -OCH3 is 2. The predicted molar refractivity (Wildman–Crippen MR) is 72.5 cm³/mol. The molecule has 3 atom stereocenters. The molecule has 3 N–H and O–H groups in total. The van der Waals surface area contributed by atoms with E-state index in [1.807, 2.05) is 0 Å². The van der Waals surface area contributed by atoms with Crippen LogP contribution in [0.1, 0.15) is 19.3 Å². The maximum absolute atomic E-state index is 11.6. The highest BCUT2D eigenvalue weighted by molar-refractivity contribution is 5.74. The Morgan fingerprint density at radius 2 is 2.05 bits per heavy atom. The molecular weight excluding hydrogens is 264 g/mol. The summed E-state index contributed by atoms with van der Waals surface area (Å²) in [5.41, 5.74) is 0. The highest BCUT2D eigenvalue weighted by atomic mass is 16.5. The fourth-order valence-electron chi connectivity index (χ4n) is 2.50. The number of hydrogen-bond acceptors (Lipinski definition) is 4. The van der Waals surface area contributed by atoms with Crippen LogP contribution in [-0.2, 0) is 14.3 Å². The summed E-state index contributed by atoms with van der Waals surface area (Å²) in [6.07, 6.45) is 2.26. The minimum Gasteiger partial charge on any atom is -0.481 e. The molecule has 0 aliphatic heterocycles. The summed E-state index contributed by atoms with van der Waals surface area (Å²) in [4.78, 5) is 22.7. The van der Waals surface area contributed by atoms with Gasteiger partial charge in [0.2, 0.25) is 0 Å². The predicted octanol–water partition coefficient (Wildman–Crippen LogP) is 0.448. The Bertz CT molecular complexity index is 324. The average molecular weight is 288 g/mol. The molecule has 0 heterocycles. The minimum atomic E-state index is -0.769. The Morgan fingerprint density at radius 3 is 2.65 bits per heavy atom. The molecule has 20 heavy (non-hydrogen) atoms. The molecular formula is C13H24N2O5. The van der Waals surface area contributed by atoms with E-state index in [9.17, 15) is 9.59 Å². The molecule has 0 aromatic rings. The van der Waals surface area contributed by atoms with Gasteiger partial charge in [0, 0.05) is 27.3 Å². The van der Waals surface area contributed by atoms with E-state index in [2.05, 4.69) is 10.6 Å². The second kappa shape index (κ2) is 8.76. The van der Waals surface area contributed by atoms with Crippen LogP contribution >= 0.6 is 0 Å². The van der Waals surface area contributed by atoms with Crippen molar-refractivity contribution in [2.45, 2.75) is 25.4 Å². The lowest BCUT2D eigenvalue weighted by molar-refractivity contribution is -0.142. The van der Waals surface area contributed by atoms with Crippen LogP contribution in [0.15, 0.2) is 0 Å². The molecule has 1 aliphatic rings. The third kappa shape index (κ3) is 5.34. The molecule has 0 saturated heterocycles. The van der Waals surface area contributed by atoms with Gasteiger partial charge in [-0.05, 0) is 18.8 Å². The van der Waals surface area contributed by atoms with E-state index in [1.54, 1.807) is 14.2 Å². The zero-order chi connectivity index (χ0) is 15.0. The van der Waals surface area contributed by atoms with Gasteiger partial charge in [0.05, 0.1) is 18.6 Å². The van der Waals surface area contributed by atoms with Gasteiger partial charge in [-0.3, -0.25) is 4.79 Å². The van der Waals surface area contributed by atoms with Crippen molar-refractivity contribution < 1.29 is 24.2 Å². The molecule has 2 amide bonds. The van der Waals surface area contributed by atoms with Crippen molar-refractivity contribution >= 4 is 12.0 Å². The number of urea groups is 1. The Labute approximate surface area is 119 Å². The van der Waals surface area contributed by atoms with Gasteiger partial charge in [-0.15, -0.1) is 0 Å². The van der Waals surface area contributed by atoms with Crippen molar-refractivity contribution in [1.82, 2.24) is 10.6 Å². The molecule has 3 unspecified atom stereocenters.